The van der Waals surface area contributed by atoms with E-state index in [1.165, 1.54) is 102 Å². The van der Waals surface area contributed by atoms with Crippen LogP contribution in [0.4, 0.5) is 0 Å². The first kappa shape index (κ1) is 21.2. The van der Waals surface area contributed by atoms with Gasteiger partial charge >= 0.3 is 0 Å². The minimum Gasteiger partial charge on any atom is -0.261 e. The van der Waals surface area contributed by atoms with Crippen LogP contribution in [-0.2, 0) is 0 Å². The van der Waals surface area contributed by atoms with Gasteiger partial charge in [-0.05, 0) is 24.5 Å². The number of nitrogens with zero attached hydrogens (tertiary/aromatic N) is 1. The topological polar surface area (TPSA) is 12.9 Å². The minimum absolute atomic E-state index is 0.614. The van der Waals surface area contributed by atoms with Crippen molar-refractivity contribution in [3.63, 3.8) is 0 Å². The van der Waals surface area contributed by atoms with Gasteiger partial charge in [0.15, 0.2) is 0 Å². The Morgan fingerprint density at radius 2 is 1.21 bits per heavy atom. The Morgan fingerprint density at radius 3 is 1.67 bits per heavy atom. The van der Waals surface area contributed by atoms with Crippen molar-refractivity contribution in [2.75, 3.05) is 0 Å². The van der Waals surface area contributed by atoms with Crippen LogP contribution >= 0.6 is 0 Å². The van der Waals surface area contributed by atoms with Gasteiger partial charge in [0, 0.05) is 11.9 Å². The van der Waals surface area contributed by atoms with Gasteiger partial charge in [-0.3, -0.25) is 4.98 Å². The zero-order chi connectivity index (χ0) is 17.3. The van der Waals surface area contributed by atoms with E-state index in [1.807, 2.05) is 12.3 Å². The van der Waals surface area contributed by atoms with Crippen LogP contribution in [0.15, 0.2) is 24.4 Å². The van der Waals surface area contributed by atoms with Crippen LogP contribution in [0.5, 0.6) is 0 Å². The molecule has 0 bridgehead atoms. The summed E-state index contributed by atoms with van der Waals surface area (Å²) in [6.45, 7) is 4.60. The molecule has 0 amide bonds. The van der Waals surface area contributed by atoms with Gasteiger partial charge in [0.25, 0.3) is 0 Å². The van der Waals surface area contributed by atoms with E-state index < -0.39 is 0 Å². The highest BCUT2D eigenvalue weighted by Gasteiger charge is 2.05. The van der Waals surface area contributed by atoms with Crippen molar-refractivity contribution < 1.29 is 0 Å². The molecule has 0 saturated heterocycles. The summed E-state index contributed by atoms with van der Waals surface area (Å²) < 4.78 is 0. The normalized spacial score (nSPS) is 12.4. The van der Waals surface area contributed by atoms with Crippen LogP contribution in [0.3, 0.4) is 0 Å². The lowest BCUT2D eigenvalue weighted by molar-refractivity contribution is 0.522. The molecule has 1 nitrogen and oxygen atoms in total. The van der Waals surface area contributed by atoms with E-state index in [4.69, 9.17) is 0 Å². The largest absolute Gasteiger partial charge is 0.261 e. The molecule has 0 N–H and O–H groups in total. The second-order valence-electron chi connectivity index (χ2n) is 7.54. The first-order valence-electron chi connectivity index (χ1n) is 10.8. The summed E-state index contributed by atoms with van der Waals surface area (Å²) in [6, 6.07) is 6.27. The molecule has 1 atom stereocenters. The molecule has 1 unspecified atom stereocenters. The Bertz CT molecular complexity index is 360. The zero-order valence-corrected chi connectivity index (χ0v) is 16.4. The SMILES string of the molecule is CCCCCCCCCCCCCCCCC(C)c1ccccn1. The second-order valence-corrected chi connectivity index (χ2v) is 7.54. The van der Waals surface area contributed by atoms with E-state index in [9.17, 15) is 0 Å². The molecule has 0 radical (unpaired) electrons. The number of hydrogen-bond acceptors (Lipinski definition) is 1. The fourth-order valence-electron chi connectivity index (χ4n) is 3.46. The van der Waals surface area contributed by atoms with Crippen molar-refractivity contribution in [1.29, 1.82) is 0 Å². The summed E-state index contributed by atoms with van der Waals surface area (Å²) >= 11 is 0. The molecule has 1 heterocycles. The highest BCUT2D eigenvalue weighted by Crippen LogP contribution is 2.20. The lowest BCUT2D eigenvalue weighted by Gasteiger charge is -2.10. The van der Waals surface area contributed by atoms with Gasteiger partial charge in [-0.15, -0.1) is 0 Å². The van der Waals surface area contributed by atoms with Crippen molar-refractivity contribution in [2.24, 2.45) is 0 Å². The first-order chi connectivity index (χ1) is 11.8. The van der Waals surface area contributed by atoms with Gasteiger partial charge in [-0.2, -0.15) is 0 Å². The van der Waals surface area contributed by atoms with Crippen LogP contribution < -0.4 is 0 Å². The van der Waals surface area contributed by atoms with Crippen LogP contribution in [-0.4, -0.2) is 4.98 Å². The maximum Gasteiger partial charge on any atom is 0.0431 e. The monoisotopic (exact) mass is 331 g/mol. The van der Waals surface area contributed by atoms with Crippen molar-refractivity contribution in [2.45, 2.75) is 116 Å². The number of hydrogen-bond donors (Lipinski definition) is 0. The highest BCUT2D eigenvalue weighted by molar-refractivity contribution is 5.07. The summed E-state index contributed by atoms with van der Waals surface area (Å²) in [5.41, 5.74) is 1.26. The molecule has 1 heteroatoms. The number of aromatic nitrogens is 1. The predicted octanol–water partition coefficient (Wildman–Crippen LogP) is 8.06. The summed E-state index contributed by atoms with van der Waals surface area (Å²) in [7, 11) is 0. The number of unbranched alkanes of at least 4 members (excludes halogenated alkanes) is 13. The molecule has 0 saturated carbocycles. The molecular weight excluding hydrogens is 290 g/mol. The molecule has 0 fully saturated rings. The fourth-order valence-corrected chi connectivity index (χ4v) is 3.46. The van der Waals surface area contributed by atoms with E-state index in [0.29, 0.717) is 5.92 Å². The van der Waals surface area contributed by atoms with Crippen molar-refractivity contribution >= 4 is 0 Å². The van der Waals surface area contributed by atoms with E-state index in [1.54, 1.807) is 0 Å². The van der Waals surface area contributed by atoms with Gasteiger partial charge < -0.3 is 0 Å². The molecule has 138 valence electrons. The molecule has 1 rings (SSSR count). The molecule has 0 aromatic carbocycles. The summed E-state index contributed by atoms with van der Waals surface area (Å²) in [4.78, 5) is 4.46. The molecule has 0 aliphatic heterocycles. The summed E-state index contributed by atoms with van der Waals surface area (Å²) in [5.74, 6) is 0.614. The average molecular weight is 332 g/mol. The van der Waals surface area contributed by atoms with Gasteiger partial charge in [-0.25, -0.2) is 0 Å². The fraction of sp³-hybridized carbons (Fsp3) is 0.783. The molecule has 0 spiro atoms. The molecule has 0 aliphatic rings. The van der Waals surface area contributed by atoms with E-state index in [-0.39, 0.29) is 0 Å². The average Bonchev–Trinajstić information content (AvgIpc) is 2.62. The lowest BCUT2D eigenvalue weighted by atomic mass is 9.98. The van der Waals surface area contributed by atoms with Gasteiger partial charge in [0.1, 0.15) is 0 Å². The maximum atomic E-state index is 4.46. The van der Waals surface area contributed by atoms with Crippen LogP contribution in [0.2, 0.25) is 0 Å². The Labute approximate surface area is 151 Å². The van der Waals surface area contributed by atoms with E-state index >= 15 is 0 Å². The van der Waals surface area contributed by atoms with Gasteiger partial charge in [0.2, 0.25) is 0 Å². The Kier molecular flexibility index (Phi) is 13.8. The molecular formula is C23H41N. The Balaban J connectivity index is 1.79. The first-order valence-corrected chi connectivity index (χ1v) is 10.8. The van der Waals surface area contributed by atoms with Gasteiger partial charge in [-0.1, -0.05) is 110 Å². The predicted molar refractivity (Wildman–Crippen MR) is 108 cm³/mol. The lowest BCUT2D eigenvalue weighted by Crippen LogP contribution is -1.96. The maximum absolute atomic E-state index is 4.46. The molecule has 0 aliphatic carbocycles. The standard InChI is InChI=1S/C23H41N/c1-3-4-5-6-7-8-9-10-11-12-13-14-15-16-19-22(2)23-20-17-18-21-24-23/h17-18,20-22H,3-16,19H2,1-2H3. The van der Waals surface area contributed by atoms with E-state index in [0.717, 1.165) is 0 Å². The van der Waals surface area contributed by atoms with Crippen LogP contribution in [0, 0.1) is 0 Å². The molecule has 1 aromatic rings. The van der Waals surface area contributed by atoms with Crippen molar-refractivity contribution in [1.82, 2.24) is 4.98 Å². The van der Waals surface area contributed by atoms with Crippen molar-refractivity contribution in [3.05, 3.63) is 30.1 Å². The third-order valence-corrected chi connectivity index (χ3v) is 5.18. The smallest absolute Gasteiger partial charge is 0.0431 e. The quantitative estimate of drug-likeness (QED) is 0.279. The van der Waals surface area contributed by atoms with Gasteiger partial charge in [0.05, 0.1) is 0 Å². The summed E-state index contributed by atoms with van der Waals surface area (Å²) in [6.07, 6.45) is 23.3. The highest BCUT2D eigenvalue weighted by atomic mass is 14.7. The minimum atomic E-state index is 0.614. The van der Waals surface area contributed by atoms with Crippen molar-refractivity contribution in [3.8, 4) is 0 Å². The summed E-state index contributed by atoms with van der Waals surface area (Å²) in [5, 5.41) is 0. The molecule has 24 heavy (non-hydrogen) atoms. The third kappa shape index (κ3) is 11.6. The third-order valence-electron chi connectivity index (χ3n) is 5.18. The number of pyridine rings is 1. The zero-order valence-electron chi connectivity index (χ0n) is 16.4. The Morgan fingerprint density at radius 1 is 0.708 bits per heavy atom. The van der Waals surface area contributed by atoms with Crippen LogP contribution in [0.1, 0.15) is 122 Å². The van der Waals surface area contributed by atoms with Crippen LogP contribution in [0.25, 0.3) is 0 Å². The molecule has 1 aromatic heterocycles. The Hall–Kier alpha value is -0.850. The van der Waals surface area contributed by atoms with E-state index in [2.05, 4.69) is 31.0 Å². The second kappa shape index (κ2) is 15.7. The number of rotatable bonds is 16.